The van der Waals surface area contributed by atoms with Crippen LogP contribution in [0.1, 0.15) is 17.9 Å². The molecule has 1 aliphatic heterocycles. The van der Waals surface area contributed by atoms with Crippen molar-refractivity contribution in [3.63, 3.8) is 0 Å². The van der Waals surface area contributed by atoms with Crippen molar-refractivity contribution in [2.45, 2.75) is 12.3 Å². The van der Waals surface area contributed by atoms with Gasteiger partial charge in [0.15, 0.2) is 0 Å². The smallest absolute Gasteiger partial charge is 0.220 e. The number of carbonyl (C=O) groups is 1. The van der Waals surface area contributed by atoms with Gasteiger partial charge in [-0.05, 0) is 11.6 Å². The number of carbonyl (C=O) groups excluding carboxylic acids is 1. The lowest BCUT2D eigenvalue weighted by Gasteiger charge is -2.10. The van der Waals surface area contributed by atoms with Crippen molar-refractivity contribution < 1.29 is 4.79 Å². The Morgan fingerprint density at radius 2 is 2.14 bits per heavy atom. The van der Waals surface area contributed by atoms with E-state index < -0.39 is 0 Å². The molecule has 1 amide bonds. The molecule has 0 saturated carbocycles. The zero-order chi connectivity index (χ0) is 10.1. The fourth-order valence-electron chi connectivity index (χ4n) is 1.66. The van der Waals surface area contributed by atoms with Crippen molar-refractivity contribution in [3.8, 4) is 0 Å². The molecule has 1 atom stereocenters. The van der Waals surface area contributed by atoms with Crippen molar-refractivity contribution in [2.75, 3.05) is 6.54 Å². The second-order valence-electron chi connectivity index (χ2n) is 3.35. The van der Waals surface area contributed by atoms with Crippen molar-refractivity contribution in [2.24, 2.45) is 0 Å². The number of rotatable bonds is 1. The van der Waals surface area contributed by atoms with Gasteiger partial charge in [0.25, 0.3) is 0 Å². The molecule has 0 aliphatic carbocycles. The maximum Gasteiger partial charge on any atom is 0.220 e. The second kappa shape index (κ2) is 3.79. The lowest BCUT2D eigenvalue weighted by Crippen LogP contribution is -2.13. The highest BCUT2D eigenvalue weighted by Gasteiger charge is 2.25. The molecule has 14 heavy (non-hydrogen) atoms. The van der Waals surface area contributed by atoms with Gasteiger partial charge in [-0.25, -0.2) is 0 Å². The minimum atomic E-state index is 0.0750. The summed E-state index contributed by atoms with van der Waals surface area (Å²) in [5.41, 5.74) is 0.956. The number of hydrogen-bond acceptors (Lipinski definition) is 1. The summed E-state index contributed by atoms with van der Waals surface area (Å²) in [6.07, 6.45) is 0.500. The third-order valence-corrected chi connectivity index (χ3v) is 3.23. The Labute approximate surface area is 92.2 Å². The van der Waals surface area contributed by atoms with Crippen molar-refractivity contribution in [1.29, 1.82) is 0 Å². The first-order chi connectivity index (χ1) is 6.68. The van der Waals surface area contributed by atoms with Crippen molar-refractivity contribution >= 4 is 29.1 Å². The number of benzene rings is 1. The molecule has 74 valence electrons. The first-order valence-electron chi connectivity index (χ1n) is 4.39. The summed E-state index contributed by atoms with van der Waals surface area (Å²) >= 11 is 11.9. The van der Waals surface area contributed by atoms with E-state index in [9.17, 15) is 4.79 Å². The zero-order valence-electron chi connectivity index (χ0n) is 7.39. The molecule has 0 spiro atoms. The van der Waals surface area contributed by atoms with Crippen LogP contribution in [0.4, 0.5) is 0 Å². The van der Waals surface area contributed by atoms with Crippen LogP contribution in [-0.2, 0) is 4.79 Å². The highest BCUT2D eigenvalue weighted by atomic mass is 35.5. The van der Waals surface area contributed by atoms with Crippen LogP contribution in [0.2, 0.25) is 10.0 Å². The summed E-state index contributed by atoms with van der Waals surface area (Å²) in [5, 5.41) is 3.88. The Kier molecular flexibility index (Phi) is 2.66. The van der Waals surface area contributed by atoms with Crippen LogP contribution in [0, 0.1) is 0 Å². The number of hydrogen-bond donors (Lipinski definition) is 1. The van der Waals surface area contributed by atoms with Crippen molar-refractivity contribution in [1.82, 2.24) is 5.32 Å². The first kappa shape index (κ1) is 9.81. The Morgan fingerprint density at radius 1 is 1.36 bits per heavy atom. The fraction of sp³-hybridized carbons (Fsp3) is 0.300. The summed E-state index contributed by atoms with van der Waals surface area (Å²) in [5.74, 6) is 0.236. The molecular formula is C10H9Cl2NO. The Hall–Kier alpha value is -0.730. The van der Waals surface area contributed by atoms with Gasteiger partial charge in [0.1, 0.15) is 0 Å². The van der Waals surface area contributed by atoms with Gasteiger partial charge in [0, 0.05) is 18.9 Å². The number of nitrogens with one attached hydrogen (secondary N) is 1. The van der Waals surface area contributed by atoms with E-state index in [4.69, 9.17) is 23.2 Å². The molecular weight excluding hydrogens is 221 g/mol. The third-order valence-electron chi connectivity index (χ3n) is 2.40. The maximum atomic E-state index is 11.0. The molecule has 1 saturated heterocycles. The van der Waals surface area contributed by atoms with Crippen LogP contribution in [-0.4, -0.2) is 12.5 Å². The van der Waals surface area contributed by atoms with Gasteiger partial charge in [0.2, 0.25) is 5.91 Å². The predicted octanol–water partition coefficient (Wildman–Crippen LogP) is 2.60. The molecule has 4 heteroatoms. The fourth-order valence-corrected chi connectivity index (χ4v) is 2.12. The monoisotopic (exact) mass is 229 g/mol. The van der Waals surface area contributed by atoms with E-state index >= 15 is 0 Å². The average Bonchev–Trinajstić information content (AvgIpc) is 2.57. The zero-order valence-corrected chi connectivity index (χ0v) is 8.90. The molecule has 2 nitrogen and oxygen atoms in total. The molecule has 0 bridgehead atoms. The highest BCUT2D eigenvalue weighted by molar-refractivity contribution is 6.42. The molecule has 1 N–H and O–H groups in total. The summed E-state index contributed by atoms with van der Waals surface area (Å²) in [4.78, 5) is 11.0. The second-order valence-corrected chi connectivity index (χ2v) is 4.13. The molecule has 1 aromatic carbocycles. The highest BCUT2D eigenvalue weighted by Crippen LogP contribution is 2.33. The largest absolute Gasteiger partial charge is 0.355 e. The Morgan fingerprint density at radius 3 is 2.79 bits per heavy atom. The van der Waals surface area contributed by atoms with Gasteiger partial charge in [-0.3, -0.25) is 4.79 Å². The molecule has 0 radical (unpaired) electrons. The van der Waals surface area contributed by atoms with Gasteiger partial charge in [0.05, 0.1) is 10.0 Å². The normalized spacial score (nSPS) is 21.0. The molecule has 1 aromatic rings. The minimum absolute atomic E-state index is 0.0750. The van der Waals surface area contributed by atoms with Crippen LogP contribution in [0.5, 0.6) is 0 Å². The van der Waals surface area contributed by atoms with Gasteiger partial charge in [-0.1, -0.05) is 35.3 Å². The SMILES string of the molecule is O=C1CC(c2cccc(Cl)c2Cl)CN1. The first-order valence-corrected chi connectivity index (χ1v) is 5.14. The number of amides is 1. The minimum Gasteiger partial charge on any atom is -0.355 e. The summed E-state index contributed by atoms with van der Waals surface area (Å²) in [6, 6.07) is 5.52. The Bertz CT molecular complexity index is 378. The third kappa shape index (κ3) is 1.72. The lowest BCUT2D eigenvalue weighted by molar-refractivity contribution is -0.119. The molecule has 0 aromatic heterocycles. The van der Waals surface area contributed by atoms with Crippen LogP contribution >= 0.6 is 23.2 Å². The lowest BCUT2D eigenvalue weighted by atomic mass is 9.98. The summed E-state index contributed by atoms with van der Waals surface area (Å²) in [6.45, 7) is 0.652. The molecule has 1 fully saturated rings. The summed E-state index contributed by atoms with van der Waals surface area (Å²) in [7, 11) is 0. The van der Waals surface area contributed by atoms with E-state index in [1.165, 1.54) is 0 Å². The predicted molar refractivity (Wildman–Crippen MR) is 56.8 cm³/mol. The van der Waals surface area contributed by atoms with Gasteiger partial charge < -0.3 is 5.32 Å². The van der Waals surface area contributed by atoms with E-state index in [1.54, 1.807) is 6.07 Å². The van der Waals surface area contributed by atoms with E-state index in [2.05, 4.69) is 5.32 Å². The molecule has 1 aliphatic rings. The van der Waals surface area contributed by atoms with E-state index in [-0.39, 0.29) is 11.8 Å². The van der Waals surface area contributed by atoms with E-state index in [0.29, 0.717) is 23.0 Å². The average molecular weight is 230 g/mol. The van der Waals surface area contributed by atoms with Crippen LogP contribution in [0.3, 0.4) is 0 Å². The van der Waals surface area contributed by atoms with Crippen LogP contribution in [0.15, 0.2) is 18.2 Å². The van der Waals surface area contributed by atoms with E-state index in [1.807, 2.05) is 12.1 Å². The maximum absolute atomic E-state index is 11.0. The molecule has 2 rings (SSSR count). The van der Waals surface area contributed by atoms with Crippen LogP contribution < -0.4 is 5.32 Å². The molecule has 1 heterocycles. The van der Waals surface area contributed by atoms with E-state index in [0.717, 1.165) is 5.56 Å². The summed E-state index contributed by atoms with van der Waals surface area (Å²) < 4.78 is 0. The topological polar surface area (TPSA) is 29.1 Å². The van der Waals surface area contributed by atoms with Crippen LogP contribution in [0.25, 0.3) is 0 Å². The van der Waals surface area contributed by atoms with Gasteiger partial charge >= 0.3 is 0 Å². The number of halogens is 2. The van der Waals surface area contributed by atoms with Gasteiger partial charge in [-0.15, -0.1) is 0 Å². The van der Waals surface area contributed by atoms with Gasteiger partial charge in [-0.2, -0.15) is 0 Å². The molecule has 1 unspecified atom stereocenters. The quantitative estimate of drug-likeness (QED) is 0.789. The van der Waals surface area contributed by atoms with Crippen molar-refractivity contribution in [3.05, 3.63) is 33.8 Å². The standard InChI is InChI=1S/C10H9Cl2NO/c11-8-3-1-2-7(10(8)12)6-4-9(14)13-5-6/h1-3,6H,4-5H2,(H,13,14). The Balaban J connectivity index is 2.32.